The molecule has 0 N–H and O–H groups in total. The van der Waals surface area contributed by atoms with Gasteiger partial charge in [0.2, 0.25) is 0 Å². The fraction of sp³-hybridized carbons (Fsp3) is 0.321. The second kappa shape index (κ2) is 10.3. The predicted octanol–water partition coefficient (Wildman–Crippen LogP) is 6.13. The first kappa shape index (κ1) is 22.6. The summed E-state index contributed by atoms with van der Waals surface area (Å²) in [6.07, 6.45) is 0. The Kier molecular flexibility index (Phi) is 7.51. The minimum absolute atomic E-state index is 0.243. The Balaban J connectivity index is 2.04. The lowest BCUT2D eigenvalue weighted by Gasteiger charge is -2.33. The summed E-state index contributed by atoms with van der Waals surface area (Å²) in [7, 11) is 6.61. The van der Waals surface area contributed by atoms with E-state index in [-0.39, 0.29) is 18.1 Å². The third kappa shape index (κ3) is 5.16. The molecule has 3 aromatic rings. The molecule has 0 aliphatic carbocycles. The number of benzene rings is 3. The van der Waals surface area contributed by atoms with Crippen molar-refractivity contribution in [1.82, 2.24) is 9.80 Å². The second-order valence-corrected chi connectivity index (χ2v) is 8.39. The maximum Gasteiger partial charge on any atom is 0.351 e. The molecule has 162 valence electrons. The minimum atomic E-state index is 0.243. The topological polar surface area (TPSA) is 9.49 Å². The van der Waals surface area contributed by atoms with Crippen LogP contribution in [0.2, 0.25) is 0 Å². The van der Waals surface area contributed by atoms with Gasteiger partial charge in [-0.2, -0.15) is 0 Å². The normalized spacial score (nSPS) is 13.7. The Bertz CT molecular complexity index is 913. The van der Waals surface area contributed by atoms with Crippen molar-refractivity contribution in [2.45, 2.75) is 38.9 Å². The van der Waals surface area contributed by atoms with Gasteiger partial charge in [0.05, 0.1) is 39.3 Å². The van der Waals surface area contributed by atoms with E-state index < -0.39 is 0 Å². The third-order valence-corrected chi connectivity index (χ3v) is 6.54. The van der Waals surface area contributed by atoms with Gasteiger partial charge in [-0.3, -0.25) is 14.4 Å². The van der Waals surface area contributed by atoms with Crippen molar-refractivity contribution in [3.63, 3.8) is 0 Å². The van der Waals surface area contributed by atoms with Crippen LogP contribution in [0.1, 0.15) is 55.6 Å². The predicted molar refractivity (Wildman–Crippen MR) is 131 cm³/mol. The molecule has 0 aliphatic heterocycles. The van der Waals surface area contributed by atoms with Gasteiger partial charge in [0, 0.05) is 0 Å². The van der Waals surface area contributed by atoms with Crippen molar-refractivity contribution < 1.29 is 4.58 Å². The molecule has 0 fully saturated rings. The Labute approximate surface area is 188 Å². The summed E-state index contributed by atoms with van der Waals surface area (Å²) < 4.78 is 2.40. The van der Waals surface area contributed by atoms with E-state index in [0.29, 0.717) is 0 Å². The molecule has 0 unspecified atom stereocenters. The zero-order chi connectivity index (χ0) is 22.4. The van der Waals surface area contributed by atoms with Crippen molar-refractivity contribution in [2.75, 3.05) is 21.1 Å². The van der Waals surface area contributed by atoms with Gasteiger partial charge in [0.25, 0.3) is 0 Å². The smallest absolute Gasteiger partial charge is 0.261 e. The van der Waals surface area contributed by atoms with Crippen LogP contribution in [0.3, 0.4) is 0 Å². The summed E-state index contributed by atoms with van der Waals surface area (Å²) in [4.78, 5) is 4.79. The van der Waals surface area contributed by atoms with Crippen LogP contribution in [0.5, 0.6) is 0 Å². The van der Waals surface area contributed by atoms with Crippen LogP contribution in [0, 0.1) is 0 Å². The summed E-state index contributed by atoms with van der Waals surface area (Å²) in [5.74, 6) is 1.20. The number of guanidine groups is 1. The molecule has 0 heterocycles. The first-order valence-corrected chi connectivity index (χ1v) is 11.1. The fourth-order valence-corrected chi connectivity index (χ4v) is 4.13. The van der Waals surface area contributed by atoms with Crippen LogP contribution < -0.4 is 0 Å². The average Bonchev–Trinajstić information content (AvgIpc) is 2.84. The molecule has 3 aromatic carbocycles. The molecule has 3 nitrogen and oxygen atoms in total. The SMILES string of the molecule is C[C@@H](c1ccccc1)N(C)C(N(C)[C@@H](C)c1ccccc1)=[N+](C)[C@@H](C)c1ccccc1. The fourth-order valence-electron chi connectivity index (χ4n) is 4.13. The van der Waals surface area contributed by atoms with Crippen LogP contribution in [0.25, 0.3) is 0 Å². The molecule has 0 aliphatic rings. The molecule has 0 amide bonds. The van der Waals surface area contributed by atoms with Crippen LogP contribution in [0.4, 0.5) is 0 Å². The maximum absolute atomic E-state index is 2.40. The van der Waals surface area contributed by atoms with Crippen molar-refractivity contribution >= 4 is 5.96 Å². The van der Waals surface area contributed by atoms with Crippen molar-refractivity contribution in [3.8, 4) is 0 Å². The standard InChI is InChI=1S/C28H36N3/c1-22(25-16-10-7-11-17-25)29(4)28(30(5)23(2)26-18-12-8-13-19-26)31(6)24(3)27-20-14-9-15-21-27/h7-24H,1-6H3/q+1/t22-,23-,24-/m0/s1. The molecule has 3 atom stereocenters. The van der Waals surface area contributed by atoms with Gasteiger partial charge < -0.3 is 0 Å². The Hall–Kier alpha value is -3.07. The third-order valence-electron chi connectivity index (χ3n) is 6.54. The molecule has 0 radical (unpaired) electrons. The van der Waals surface area contributed by atoms with Gasteiger partial charge in [0.15, 0.2) is 0 Å². The quantitative estimate of drug-likeness (QED) is 0.273. The highest BCUT2D eigenvalue weighted by Crippen LogP contribution is 2.26. The Morgan fingerprint density at radius 2 is 0.903 bits per heavy atom. The summed E-state index contributed by atoms with van der Waals surface area (Å²) in [6, 6.07) is 32.9. The molecule has 3 rings (SSSR count). The van der Waals surface area contributed by atoms with Crippen molar-refractivity contribution in [3.05, 3.63) is 108 Å². The van der Waals surface area contributed by atoms with E-state index in [1.54, 1.807) is 0 Å². The molecular formula is C28H36N3+. The van der Waals surface area contributed by atoms with Crippen LogP contribution >= 0.6 is 0 Å². The molecule has 0 spiro atoms. The molecule has 3 heteroatoms. The first-order chi connectivity index (χ1) is 14.9. The minimum Gasteiger partial charge on any atom is -0.261 e. The van der Waals surface area contributed by atoms with Crippen LogP contribution in [-0.4, -0.2) is 41.5 Å². The van der Waals surface area contributed by atoms with Gasteiger partial charge in [-0.25, -0.2) is 0 Å². The number of nitrogens with zero attached hydrogens (tertiary/aromatic N) is 3. The molecule has 0 bridgehead atoms. The Morgan fingerprint density at radius 3 is 1.26 bits per heavy atom. The largest absolute Gasteiger partial charge is 0.351 e. The highest BCUT2D eigenvalue weighted by atomic mass is 15.4. The van der Waals surface area contributed by atoms with Crippen LogP contribution in [0.15, 0.2) is 91.0 Å². The van der Waals surface area contributed by atoms with Gasteiger partial charge in [-0.15, -0.1) is 0 Å². The second-order valence-electron chi connectivity index (χ2n) is 8.39. The van der Waals surface area contributed by atoms with E-state index in [0.717, 1.165) is 0 Å². The van der Waals surface area contributed by atoms with Gasteiger partial charge >= 0.3 is 5.96 Å². The lowest BCUT2D eigenvalue weighted by Crippen LogP contribution is -2.48. The van der Waals surface area contributed by atoms with Gasteiger partial charge in [-0.05, 0) is 37.5 Å². The van der Waals surface area contributed by atoms with Gasteiger partial charge in [0.1, 0.15) is 0 Å². The molecular weight excluding hydrogens is 378 g/mol. The first-order valence-electron chi connectivity index (χ1n) is 11.1. The lowest BCUT2D eigenvalue weighted by atomic mass is 10.1. The summed E-state index contributed by atoms with van der Waals surface area (Å²) in [5, 5.41) is 0. The zero-order valence-electron chi connectivity index (χ0n) is 19.7. The Morgan fingerprint density at radius 1 is 0.581 bits per heavy atom. The zero-order valence-corrected chi connectivity index (χ0v) is 19.7. The maximum atomic E-state index is 2.40. The van der Waals surface area contributed by atoms with Crippen molar-refractivity contribution in [1.29, 1.82) is 0 Å². The number of hydrogen-bond donors (Lipinski definition) is 0. The summed E-state index contributed by atoms with van der Waals surface area (Å²) in [6.45, 7) is 6.83. The van der Waals surface area contributed by atoms with E-state index in [1.165, 1.54) is 22.6 Å². The lowest BCUT2D eigenvalue weighted by molar-refractivity contribution is -0.550. The van der Waals surface area contributed by atoms with E-state index >= 15 is 0 Å². The molecule has 31 heavy (non-hydrogen) atoms. The van der Waals surface area contributed by atoms with E-state index in [2.05, 4.69) is 147 Å². The van der Waals surface area contributed by atoms with Crippen LogP contribution in [-0.2, 0) is 0 Å². The molecule has 0 saturated heterocycles. The number of hydrogen-bond acceptors (Lipinski definition) is 0. The highest BCUT2D eigenvalue weighted by molar-refractivity contribution is 5.76. The summed E-state index contributed by atoms with van der Waals surface area (Å²) >= 11 is 0. The molecule has 0 saturated carbocycles. The van der Waals surface area contributed by atoms with Crippen molar-refractivity contribution in [2.24, 2.45) is 0 Å². The van der Waals surface area contributed by atoms with E-state index in [4.69, 9.17) is 0 Å². The van der Waals surface area contributed by atoms with E-state index in [1.807, 2.05) is 0 Å². The summed E-state index contributed by atoms with van der Waals surface area (Å²) in [5.41, 5.74) is 3.93. The highest BCUT2D eigenvalue weighted by Gasteiger charge is 2.32. The number of rotatable bonds is 6. The van der Waals surface area contributed by atoms with E-state index in [9.17, 15) is 0 Å². The van der Waals surface area contributed by atoms with Gasteiger partial charge in [-0.1, -0.05) is 91.0 Å². The monoisotopic (exact) mass is 414 g/mol. The average molecular weight is 415 g/mol. The molecule has 0 aromatic heterocycles.